The van der Waals surface area contributed by atoms with Gasteiger partial charge in [-0.05, 0) is 43.2 Å². The molecule has 1 aromatic heterocycles. The van der Waals surface area contributed by atoms with Crippen molar-refractivity contribution >= 4 is 22.8 Å². The highest BCUT2D eigenvalue weighted by Gasteiger charge is 2.53. The summed E-state index contributed by atoms with van der Waals surface area (Å²) in [5.41, 5.74) is 3.75. The van der Waals surface area contributed by atoms with Crippen molar-refractivity contribution in [2.45, 2.75) is 38.4 Å². The molecule has 1 fully saturated rings. The minimum Gasteiger partial charge on any atom is -0.508 e. The van der Waals surface area contributed by atoms with Gasteiger partial charge in [-0.15, -0.1) is 0 Å². The molecule has 0 saturated carbocycles. The summed E-state index contributed by atoms with van der Waals surface area (Å²) < 4.78 is 0. The van der Waals surface area contributed by atoms with Crippen molar-refractivity contribution < 1.29 is 14.7 Å². The van der Waals surface area contributed by atoms with E-state index >= 15 is 0 Å². The molecular formula is C22H21N3O3. The van der Waals surface area contributed by atoms with Crippen molar-refractivity contribution in [3.63, 3.8) is 0 Å². The largest absolute Gasteiger partial charge is 0.508 e. The van der Waals surface area contributed by atoms with Gasteiger partial charge >= 0.3 is 6.03 Å². The molecule has 2 N–H and O–H groups in total. The summed E-state index contributed by atoms with van der Waals surface area (Å²) in [6.45, 7) is 3.71. The SMILES string of the molecule is CC(C)N1C(=O)[C@@H]2Cc3c([nH]c4ccccc34)[C@@H](c3cccc(O)c3)N2C1=O. The first-order valence-electron chi connectivity index (χ1n) is 9.51. The number of urea groups is 1. The van der Waals surface area contributed by atoms with E-state index in [1.54, 1.807) is 23.1 Å². The van der Waals surface area contributed by atoms with Crippen LogP contribution >= 0.6 is 0 Å². The van der Waals surface area contributed by atoms with Crippen LogP contribution in [-0.4, -0.2) is 43.9 Å². The fourth-order valence-corrected chi connectivity index (χ4v) is 4.61. The van der Waals surface area contributed by atoms with E-state index in [2.05, 4.69) is 4.98 Å². The average molecular weight is 375 g/mol. The van der Waals surface area contributed by atoms with Crippen LogP contribution in [0.25, 0.3) is 10.9 Å². The highest BCUT2D eigenvalue weighted by molar-refractivity contribution is 6.06. The molecule has 5 rings (SSSR count). The van der Waals surface area contributed by atoms with Crippen LogP contribution in [0.4, 0.5) is 4.79 Å². The number of H-pyrrole nitrogens is 1. The molecule has 2 aliphatic heterocycles. The number of aromatic hydroxyl groups is 1. The minimum atomic E-state index is -0.533. The maximum atomic E-state index is 13.2. The minimum absolute atomic E-state index is 0.135. The smallest absolute Gasteiger partial charge is 0.328 e. The molecule has 0 bridgehead atoms. The van der Waals surface area contributed by atoms with Crippen molar-refractivity contribution in [2.24, 2.45) is 0 Å². The van der Waals surface area contributed by atoms with Crippen LogP contribution in [0.3, 0.4) is 0 Å². The van der Waals surface area contributed by atoms with Crippen molar-refractivity contribution in [2.75, 3.05) is 0 Å². The van der Waals surface area contributed by atoms with Crippen molar-refractivity contribution in [1.82, 2.24) is 14.8 Å². The first kappa shape index (κ1) is 16.9. The number of hydrogen-bond donors (Lipinski definition) is 2. The Hall–Kier alpha value is -3.28. The second-order valence-corrected chi connectivity index (χ2v) is 7.77. The van der Waals surface area contributed by atoms with E-state index in [0.717, 1.165) is 27.7 Å². The third-order valence-electron chi connectivity index (χ3n) is 5.78. The molecule has 3 amide bonds. The Morgan fingerprint density at radius 3 is 2.64 bits per heavy atom. The number of nitrogens with zero attached hydrogens (tertiary/aromatic N) is 2. The van der Waals surface area contributed by atoms with Gasteiger partial charge in [0.1, 0.15) is 17.8 Å². The summed E-state index contributed by atoms with van der Waals surface area (Å²) in [6, 6.07) is 13.4. The Kier molecular flexibility index (Phi) is 3.53. The topological polar surface area (TPSA) is 76.6 Å². The molecule has 0 radical (unpaired) electrons. The lowest BCUT2D eigenvalue weighted by molar-refractivity contribution is -0.129. The molecule has 0 aliphatic carbocycles. The summed E-state index contributed by atoms with van der Waals surface area (Å²) in [6.07, 6.45) is 0.489. The van der Waals surface area contributed by atoms with Crippen LogP contribution in [0.5, 0.6) is 5.75 Å². The Morgan fingerprint density at radius 2 is 1.89 bits per heavy atom. The number of amides is 3. The highest BCUT2D eigenvalue weighted by atomic mass is 16.3. The Balaban J connectivity index is 1.76. The van der Waals surface area contributed by atoms with Crippen LogP contribution < -0.4 is 0 Å². The molecule has 0 unspecified atom stereocenters. The van der Waals surface area contributed by atoms with E-state index in [4.69, 9.17) is 0 Å². The van der Waals surface area contributed by atoms with Crippen LogP contribution in [0.15, 0.2) is 48.5 Å². The zero-order valence-corrected chi connectivity index (χ0v) is 15.7. The van der Waals surface area contributed by atoms with Gasteiger partial charge < -0.3 is 10.1 Å². The number of rotatable bonds is 2. The molecule has 0 spiro atoms. The maximum Gasteiger partial charge on any atom is 0.328 e. The Morgan fingerprint density at radius 1 is 1.11 bits per heavy atom. The summed E-state index contributed by atoms with van der Waals surface area (Å²) >= 11 is 0. The number of benzene rings is 2. The van der Waals surface area contributed by atoms with Crippen LogP contribution in [0.2, 0.25) is 0 Å². The van der Waals surface area contributed by atoms with Crippen molar-refractivity contribution in [1.29, 1.82) is 0 Å². The second-order valence-electron chi connectivity index (χ2n) is 7.77. The molecule has 1 saturated heterocycles. The molecule has 2 atom stereocenters. The number of aromatic nitrogens is 1. The molecule has 3 aromatic rings. The van der Waals surface area contributed by atoms with E-state index in [9.17, 15) is 14.7 Å². The number of para-hydroxylation sites is 1. The molecular weight excluding hydrogens is 354 g/mol. The number of aromatic amines is 1. The number of phenolic OH excluding ortho intramolecular Hbond substituents is 1. The van der Waals surface area contributed by atoms with E-state index in [1.165, 1.54) is 4.90 Å². The Bertz CT molecular complexity index is 1120. The molecule has 3 heterocycles. The lowest BCUT2D eigenvalue weighted by atomic mass is 9.89. The fourth-order valence-electron chi connectivity index (χ4n) is 4.61. The van der Waals surface area contributed by atoms with Gasteiger partial charge in [0, 0.05) is 29.1 Å². The van der Waals surface area contributed by atoms with Crippen LogP contribution in [0.1, 0.15) is 36.7 Å². The van der Waals surface area contributed by atoms with Gasteiger partial charge in [0.25, 0.3) is 5.91 Å². The summed E-state index contributed by atoms with van der Waals surface area (Å²) in [7, 11) is 0. The van der Waals surface area contributed by atoms with Crippen molar-refractivity contribution in [3.05, 3.63) is 65.4 Å². The van der Waals surface area contributed by atoms with Crippen molar-refractivity contribution in [3.8, 4) is 5.75 Å². The predicted molar refractivity (Wildman–Crippen MR) is 105 cm³/mol. The first-order valence-corrected chi connectivity index (χ1v) is 9.51. The molecule has 6 nitrogen and oxygen atoms in total. The molecule has 6 heteroatoms. The number of carbonyl (C=O) groups excluding carboxylic acids is 2. The number of nitrogens with one attached hydrogen (secondary N) is 1. The number of hydrogen-bond acceptors (Lipinski definition) is 3. The quantitative estimate of drug-likeness (QED) is 0.673. The zero-order valence-electron chi connectivity index (χ0n) is 15.7. The van der Waals surface area contributed by atoms with Gasteiger partial charge in [0.05, 0.1) is 0 Å². The molecule has 28 heavy (non-hydrogen) atoms. The van der Waals surface area contributed by atoms with Gasteiger partial charge in [-0.25, -0.2) is 4.79 Å². The third kappa shape index (κ3) is 2.21. The van der Waals surface area contributed by atoms with E-state index in [-0.39, 0.29) is 23.7 Å². The normalized spacial score (nSPS) is 21.5. The molecule has 2 aliphatic rings. The highest BCUT2D eigenvalue weighted by Crippen LogP contribution is 2.44. The monoisotopic (exact) mass is 375 g/mol. The molecule has 2 aromatic carbocycles. The predicted octanol–water partition coefficient (Wildman–Crippen LogP) is 3.56. The summed E-state index contributed by atoms with van der Waals surface area (Å²) in [5, 5.41) is 11.1. The fraction of sp³-hybridized carbons (Fsp3) is 0.273. The zero-order chi connectivity index (χ0) is 19.6. The third-order valence-corrected chi connectivity index (χ3v) is 5.78. The van der Waals surface area contributed by atoms with Gasteiger partial charge in [-0.3, -0.25) is 14.6 Å². The number of phenols is 1. The average Bonchev–Trinajstić information content (AvgIpc) is 3.15. The first-order chi connectivity index (χ1) is 13.5. The summed E-state index contributed by atoms with van der Waals surface area (Å²) in [5.74, 6) is -0.0166. The number of fused-ring (bicyclic) bond motifs is 4. The van der Waals surface area contributed by atoms with Crippen LogP contribution in [-0.2, 0) is 11.2 Å². The van der Waals surface area contributed by atoms with Crippen LogP contribution in [0, 0.1) is 0 Å². The Labute approximate surface area is 162 Å². The van der Waals surface area contributed by atoms with Gasteiger partial charge in [-0.1, -0.05) is 30.3 Å². The number of carbonyl (C=O) groups is 2. The van der Waals surface area contributed by atoms with Gasteiger partial charge in [0.2, 0.25) is 0 Å². The van der Waals surface area contributed by atoms with E-state index in [1.807, 2.05) is 44.2 Å². The lowest BCUT2D eigenvalue weighted by Gasteiger charge is -2.36. The van der Waals surface area contributed by atoms with E-state index < -0.39 is 12.1 Å². The van der Waals surface area contributed by atoms with Gasteiger partial charge in [-0.2, -0.15) is 0 Å². The summed E-state index contributed by atoms with van der Waals surface area (Å²) in [4.78, 5) is 32.8. The number of imide groups is 1. The standard InChI is InChI=1S/C22H21N3O3/c1-12(2)24-21(27)18-11-16-15-8-3-4-9-17(15)23-19(16)20(25(18)22(24)28)13-6-5-7-14(26)10-13/h3-10,12,18,20,23,26H,11H2,1-2H3/t18-,20+/m0/s1. The maximum absolute atomic E-state index is 13.2. The molecule has 142 valence electrons. The van der Waals surface area contributed by atoms with Gasteiger partial charge in [0.15, 0.2) is 0 Å². The van der Waals surface area contributed by atoms with E-state index in [0.29, 0.717) is 6.42 Å². The lowest BCUT2D eigenvalue weighted by Crippen LogP contribution is -2.44. The second kappa shape index (κ2) is 5.86.